The first-order valence-electron chi connectivity index (χ1n) is 13.9. The third kappa shape index (κ3) is 4.70. The minimum Gasteiger partial charge on any atom is -0.291 e. The molecule has 0 unspecified atom stereocenters. The van der Waals surface area contributed by atoms with Crippen molar-refractivity contribution in [2.24, 2.45) is 5.41 Å². The molecule has 7 rings (SSSR count). The highest BCUT2D eigenvalue weighted by molar-refractivity contribution is 7.92. The molecule has 0 bridgehead atoms. The molecule has 3 heterocycles. The van der Waals surface area contributed by atoms with Crippen molar-refractivity contribution in [1.82, 2.24) is 24.5 Å². The summed E-state index contributed by atoms with van der Waals surface area (Å²) in [5, 5.41) is 7.80. The van der Waals surface area contributed by atoms with Gasteiger partial charge in [0.05, 0.1) is 39.8 Å². The molecular weight excluding hydrogens is 586 g/mol. The first kappa shape index (κ1) is 27.7. The molecule has 0 N–H and O–H groups in total. The van der Waals surface area contributed by atoms with Crippen LogP contribution in [0.4, 0.5) is 17.6 Å². The lowest BCUT2D eigenvalue weighted by molar-refractivity contribution is -0.137. The molecule has 8 nitrogen and oxygen atoms in total. The predicted molar refractivity (Wildman–Crippen MR) is 147 cm³/mol. The van der Waals surface area contributed by atoms with Crippen LogP contribution >= 0.6 is 0 Å². The molecule has 0 amide bonds. The number of allylic oxidation sites excluding steroid dienone is 1. The monoisotopic (exact) mass is 611 g/mol. The third-order valence-corrected chi connectivity index (χ3v) is 10.8. The molecule has 0 radical (unpaired) electrons. The maximum atomic E-state index is 14.3. The number of Topliss-reactive ketones (excluding diaryl/α,β-unsaturated/α-hetero) is 1. The van der Waals surface area contributed by atoms with Crippen molar-refractivity contribution in [3.8, 4) is 5.69 Å². The zero-order valence-corrected chi connectivity index (χ0v) is 23.4. The average Bonchev–Trinajstić information content (AvgIpc) is 3.57. The fourth-order valence-corrected chi connectivity index (χ4v) is 7.98. The van der Waals surface area contributed by atoms with Crippen molar-refractivity contribution >= 4 is 21.7 Å². The largest absolute Gasteiger partial charge is 0.417 e. The Hall–Kier alpha value is -4.13. The van der Waals surface area contributed by atoms with E-state index < -0.39 is 43.8 Å². The van der Waals surface area contributed by atoms with Crippen LogP contribution in [0.15, 0.2) is 71.7 Å². The maximum absolute atomic E-state index is 14.3. The van der Waals surface area contributed by atoms with E-state index in [9.17, 15) is 30.8 Å². The highest BCUT2D eigenvalue weighted by Gasteiger charge is 2.52. The van der Waals surface area contributed by atoms with Gasteiger partial charge in [0, 0.05) is 12.4 Å². The van der Waals surface area contributed by atoms with E-state index in [0.717, 1.165) is 25.0 Å². The number of aromatic nitrogens is 5. The number of carbonyl (C=O) groups is 1. The number of benzene rings is 1. The first-order chi connectivity index (χ1) is 20.5. The number of sulfone groups is 1. The molecule has 3 aliphatic carbocycles. The molecule has 0 spiro atoms. The lowest BCUT2D eigenvalue weighted by atomic mass is 9.61. The van der Waals surface area contributed by atoms with E-state index >= 15 is 0 Å². The molecule has 43 heavy (non-hydrogen) atoms. The molecule has 4 aromatic rings. The lowest BCUT2D eigenvalue weighted by Gasteiger charge is -2.43. The van der Waals surface area contributed by atoms with Crippen LogP contribution in [0.2, 0.25) is 0 Å². The van der Waals surface area contributed by atoms with Crippen molar-refractivity contribution in [2.75, 3.05) is 0 Å². The standard InChI is InChI=1S/C30H25F4N5O3S/c31-21-3-5-23(6-4-21)39-26-13-19-1-9-24(43(41,42)27-11-12-38(37-27)22-7-8-22)15-29(19,14-18(26)16-36-39)28(40)25-10-2-20(17-35-25)30(32,33)34/h2-6,10-13,16-17,22,24H,1,7-9,14-15H2/t24-,29-/m0/s1. The summed E-state index contributed by atoms with van der Waals surface area (Å²) >= 11 is 0. The van der Waals surface area contributed by atoms with Crippen LogP contribution in [0.1, 0.15) is 65.5 Å². The summed E-state index contributed by atoms with van der Waals surface area (Å²) in [7, 11) is -3.93. The molecule has 2 atom stereocenters. The van der Waals surface area contributed by atoms with Gasteiger partial charge in [-0.05, 0) is 92.6 Å². The summed E-state index contributed by atoms with van der Waals surface area (Å²) in [4.78, 5) is 18.2. The zero-order chi connectivity index (χ0) is 30.1. The second-order valence-corrected chi connectivity index (χ2v) is 13.6. The van der Waals surface area contributed by atoms with Crippen molar-refractivity contribution in [1.29, 1.82) is 0 Å². The van der Waals surface area contributed by atoms with Gasteiger partial charge in [0.1, 0.15) is 11.5 Å². The minimum absolute atomic E-state index is 0.0484. The lowest BCUT2D eigenvalue weighted by Crippen LogP contribution is -2.46. The van der Waals surface area contributed by atoms with Gasteiger partial charge in [-0.2, -0.15) is 23.4 Å². The zero-order valence-electron chi connectivity index (χ0n) is 22.6. The number of halogens is 4. The Balaban J connectivity index is 1.30. The van der Waals surface area contributed by atoms with Crippen LogP contribution in [-0.2, 0) is 22.4 Å². The van der Waals surface area contributed by atoms with Crippen LogP contribution < -0.4 is 0 Å². The van der Waals surface area contributed by atoms with Gasteiger partial charge in [0.2, 0.25) is 0 Å². The Bertz CT molecular complexity index is 1870. The number of pyridine rings is 1. The quantitative estimate of drug-likeness (QED) is 0.202. The summed E-state index contributed by atoms with van der Waals surface area (Å²) in [5.74, 6) is -0.950. The Morgan fingerprint density at radius 3 is 2.44 bits per heavy atom. The Morgan fingerprint density at radius 2 is 1.77 bits per heavy atom. The van der Waals surface area contributed by atoms with Crippen molar-refractivity contribution in [2.45, 2.75) is 61.0 Å². The minimum atomic E-state index is -4.62. The number of alkyl halides is 3. The van der Waals surface area contributed by atoms with E-state index in [1.807, 2.05) is 6.08 Å². The van der Waals surface area contributed by atoms with Gasteiger partial charge >= 0.3 is 6.18 Å². The van der Waals surface area contributed by atoms with Crippen LogP contribution in [0.3, 0.4) is 0 Å². The molecule has 2 saturated carbocycles. The molecular formula is C30H25F4N5O3S. The topological polar surface area (TPSA) is 99.7 Å². The van der Waals surface area contributed by atoms with Crippen molar-refractivity contribution in [3.05, 3.63) is 95.0 Å². The fourth-order valence-electron chi connectivity index (χ4n) is 6.24. The average molecular weight is 612 g/mol. The number of hydrogen-bond acceptors (Lipinski definition) is 6. The Labute approximate surface area is 244 Å². The third-order valence-electron chi connectivity index (χ3n) is 8.68. The molecule has 1 aromatic carbocycles. The van der Waals surface area contributed by atoms with Gasteiger partial charge in [-0.1, -0.05) is 5.57 Å². The number of ketones is 1. The SMILES string of the molecule is O=C(c1ccc(C(F)(F)F)cn1)[C@]12Cc3cnn(-c4ccc(F)cc4)c3C=C1CC[C@H](S(=O)(=O)c1ccn(C3CC3)n1)C2. The normalized spacial score (nSPS) is 22.0. The van der Waals surface area contributed by atoms with Crippen LogP contribution in [-0.4, -0.2) is 44.0 Å². The molecule has 13 heteroatoms. The van der Waals surface area contributed by atoms with Gasteiger partial charge in [0.25, 0.3) is 0 Å². The van der Waals surface area contributed by atoms with Crippen LogP contribution in [0, 0.1) is 11.2 Å². The van der Waals surface area contributed by atoms with Crippen molar-refractivity contribution in [3.63, 3.8) is 0 Å². The van der Waals surface area contributed by atoms with E-state index in [0.29, 0.717) is 28.7 Å². The van der Waals surface area contributed by atoms with Gasteiger partial charge in [-0.3, -0.25) is 14.5 Å². The first-order valence-corrected chi connectivity index (χ1v) is 15.4. The Morgan fingerprint density at radius 1 is 1.00 bits per heavy atom. The predicted octanol–water partition coefficient (Wildman–Crippen LogP) is 5.79. The van der Waals surface area contributed by atoms with E-state index in [-0.39, 0.29) is 42.4 Å². The van der Waals surface area contributed by atoms with Gasteiger partial charge < -0.3 is 0 Å². The maximum Gasteiger partial charge on any atom is 0.417 e. The van der Waals surface area contributed by atoms with E-state index in [1.54, 1.807) is 33.9 Å². The summed E-state index contributed by atoms with van der Waals surface area (Å²) in [6.45, 7) is 0. The van der Waals surface area contributed by atoms with Crippen LogP contribution in [0.25, 0.3) is 11.8 Å². The number of hydrogen-bond donors (Lipinski definition) is 0. The van der Waals surface area contributed by atoms with Gasteiger partial charge in [-0.25, -0.2) is 17.5 Å². The highest BCUT2D eigenvalue weighted by atomic mass is 32.2. The fraction of sp³-hybridized carbons (Fsp3) is 0.333. The number of carbonyl (C=O) groups excluding carboxylic acids is 1. The highest BCUT2D eigenvalue weighted by Crippen LogP contribution is 2.52. The molecule has 0 saturated heterocycles. The van der Waals surface area contributed by atoms with Crippen molar-refractivity contribution < 1.29 is 30.8 Å². The summed E-state index contributed by atoms with van der Waals surface area (Å²) < 4.78 is 84.2. The second kappa shape index (κ2) is 9.69. The Kier molecular flexibility index (Phi) is 6.24. The summed E-state index contributed by atoms with van der Waals surface area (Å²) in [5.41, 5.74) is 0.0596. The summed E-state index contributed by atoms with van der Waals surface area (Å²) in [6.07, 6.45) is 3.40. The molecule has 2 fully saturated rings. The second-order valence-electron chi connectivity index (χ2n) is 11.4. The van der Waals surface area contributed by atoms with Gasteiger partial charge in [0.15, 0.2) is 20.6 Å². The number of fused-ring (bicyclic) bond motifs is 2. The molecule has 3 aromatic heterocycles. The smallest absolute Gasteiger partial charge is 0.291 e. The van der Waals surface area contributed by atoms with Gasteiger partial charge in [-0.15, -0.1) is 0 Å². The van der Waals surface area contributed by atoms with E-state index in [2.05, 4.69) is 15.2 Å². The number of rotatable bonds is 6. The number of nitrogens with zero attached hydrogens (tertiary/aromatic N) is 5. The van der Waals surface area contributed by atoms with E-state index in [1.165, 1.54) is 18.2 Å². The van der Waals surface area contributed by atoms with Crippen LogP contribution in [0.5, 0.6) is 0 Å². The molecule has 222 valence electrons. The van der Waals surface area contributed by atoms with E-state index in [4.69, 9.17) is 0 Å². The molecule has 0 aliphatic heterocycles. The molecule has 3 aliphatic rings. The summed E-state index contributed by atoms with van der Waals surface area (Å²) in [6, 6.07) is 9.30.